The predicted molar refractivity (Wildman–Crippen MR) is 54.7 cm³/mol. The van der Waals surface area contributed by atoms with Gasteiger partial charge in [-0.3, -0.25) is 4.90 Å². The van der Waals surface area contributed by atoms with Gasteiger partial charge >= 0.3 is 0 Å². The summed E-state index contributed by atoms with van der Waals surface area (Å²) in [6.45, 7) is 6.39. The van der Waals surface area contributed by atoms with Crippen molar-refractivity contribution in [1.82, 2.24) is 4.90 Å². The van der Waals surface area contributed by atoms with E-state index < -0.39 is 0 Å². The minimum absolute atomic E-state index is 0.0250. The number of nitrogens with zero attached hydrogens (tertiary/aromatic N) is 1. The third kappa shape index (κ3) is 2.66. The molecule has 2 N–H and O–H groups in total. The first-order valence-electron chi connectivity index (χ1n) is 5.15. The van der Waals surface area contributed by atoms with Gasteiger partial charge in [0.1, 0.15) is 0 Å². The van der Waals surface area contributed by atoms with Crippen molar-refractivity contribution in [2.45, 2.75) is 38.3 Å². The largest absolute Gasteiger partial charge is 0.380 e. The molecule has 0 aromatic heterocycles. The third-order valence-corrected chi connectivity index (χ3v) is 3.00. The molecule has 3 nitrogen and oxygen atoms in total. The van der Waals surface area contributed by atoms with Crippen LogP contribution in [0.1, 0.15) is 26.7 Å². The average Bonchev–Trinajstić information content (AvgIpc) is 2.96. The van der Waals surface area contributed by atoms with Crippen LogP contribution in [0.15, 0.2) is 0 Å². The Balaban J connectivity index is 2.44. The van der Waals surface area contributed by atoms with Gasteiger partial charge in [-0.2, -0.15) is 0 Å². The van der Waals surface area contributed by atoms with Crippen molar-refractivity contribution >= 4 is 0 Å². The minimum Gasteiger partial charge on any atom is -0.380 e. The van der Waals surface area contributed by atoms with Crippen molar-refractivity contribution in [3.8, 4) is 0 Å². The van der Waals surface area contributed by atoms with Gasteiger partial charge in [0.15, 0.2) is 0 Å². The van der Waals surface area contributed by atoms with Gasteiger partial charge in [0.05, 0.1) is 12.1 Å². The smallest absolute Gasteiger partial charge is 0.0659 e. The molecule has 0 bridgehead atoms. The summed E-state index contributed by atoms with van der Waals surface area (Å²) in [7, 11) is 2.16. The maximum Gasteiger partial charge on any atom is 0.0659 e. The highest BCUT2D eigenvalue weighted by Crippen LogP contribution is 2.30. The molecule has 3 heteroatoms. The number of rotatable bonds is 6. The van der Waals surface area contributed by atoms with Crippen LogP contribution in [0.2, 0.25) is 0 Å². The van der Waals surface area contributed by atoms with E-state index in [4.69, 9.17) is 10.5 Å². The Bertz CT molecular complexity index is 159. The van der Waals surface area contributed by atoms with Gasteiger partial charge in [0.25, 0.3) is 0 Å². The van der Waals surface area contributed by atoms with E-state index in [0.717, 1.165) is 19.3 Å². The Morgan fingerprint density at radius 1 is 1.54 bits per heavy atom. The molecule has 0 heterocycles. The molecule has 0 amide bonds. The van der Waals surface area contributed by atoms with Gasteiger partial charge in [-0.05, 0) is 33.7 Å². The van der Waals surface area contributed by atoms with E-state index >= 15 is 0 Å². The Morgan fingerprint density at radius 2 is 2.15 bits per heavy atom. The molecule has 1 fully saturated rings. The van der Waals surface area contributed by atoms with Crippen LogP contribution < -0.4 is 5.73 Å². The van der Waals surface area contributed by atoms with Crippen LogP contribution in [0, 0.1) is 0 Å². The quantitative estimate of drug-likeness (QED) is 0.668. The predicted octanol–water partition coefficient (Wildman–Crippen LogP) is 0.835. The molecule has 0 radical (unpaired) electrons. The van der Waals surface area contributed by atoms with Crippen LogP contribution in [0.4, 0.5) is 0 Å². The molecule has 1 aliphatic rings. The summed E-state index contributed by atoms with van der Waals surface area (Å²) in [5.74, 6) is 0. The van der Waals surface area contributed by atoms with E-state index in [0.29, 0.717) is 6.54 Å². The first-order chi connectivity index (χ1) is 6.14. The molecule has 1 atom stereocenters. The maximum absolute atomic E-state index is 5.79. The number of hydrogen-bond acceptors (Lipinski definition) is 3. The monoisotopic (exact) mass is 186 g/mol. The first-order valence-corrected chi connectivity index (χ1v) is 5.15. The number of likely N-dealkylation sites (N-methyl/N-ethyl adjacent to an activating group) is 1. The van der Waals surface area contributed by atoms with Gasteiger partial charge in [0.2, 0.25) is 0 Å². The molecule has 1 aliphatic carbocycles. The summed E-state index contributed by atoms with van der Waals surface area (Å²) < 4.78 is 5.47. The molecule has 1 unspecified atom stereocenters. The van der Waals surface area contributed by atoms with Gasteiger partial charge in [0, 0.05) is 19.2 Å². The Morgan fingerprint density at radius 3 is 2.54 bits per heavy atom. The molecule has 78 valence electrons. The second-order valence-electron chi connectivity index (χ2n) is 4.18. The minimum atomic E-state index is 0.0250. The highest BCUT2D eigenvalue weighted by Gasteiger charge is 2.37. The molecular formula is C10H22N2O. The fourth-order valence-corrected chi connectivity index (χ4v) is 1.53. The topological polar surface area (TPSA) is 38.5 Å². The molecule has 0 aliphatic heterocycles. The number of nitrogens with two attached hydrogens (primary N) is 1. The van der Waals surface area contributed by atoms with Gasteiger partial charge in [-0.15, -0.1) is 0 Å². The zero-order valence-electron chi connectivity index (χ0n) is 9.05. The number of ether oxygens (including phenoxy) is 1. The summed E-state index contributed by atoms with van der Waals surface area (Å²) in [4.78, 5) is 2.38. The Kier molecular flexibility index (Phi) is 3.71. The van der Waals surface area contributed by atoms with Crippen LogP contribution in [0.5, 0.6) is 0 Å². The van der Waals surface area contributed by atoms with Crippen LogP contribution in [-0.4, -0.2) is 43.3 Å². The van der Waals surface area contributed by atoms with Crippen LogP contribution in [0.3, 0.4) is 0 Å². The lowest BCUT2D eigenvalue weighted by molar-refractivity contribution is 0.0200. The molecule has 0 aromatic rings. The normalized spacial score (nSPS) is 21.9. The van der Waals surface area contributed by atoms with E-state index in [1.807, 2.05) is 6.92 Å². The van der Waals surface area contributed by atoms with Crippen molar-refractivity contribution in [1.29, 1.82) is 0 Å². The Labute approximate surface area is 81.2 Å². The summed E-state index contributed by atoms with van der Waals surface area (Å²) in [6.07, 6.45) is 2.64. The molecule has 0 spiro atoms. The lowest BCUT2D eigenvalue weighted by Gasteiger charge is -2.37. The van der Waals surface area contributed by atoms with E-state index in [9.17, 15) is 0 Å². The summed E-state index contributed by atoms with van der Waals surface area (Å²) in [5.41, 5.74) is 5.82. The van der Waals surface area contributed by atoms with Gasteiger partial charge in [-0.25, -0.2) is 0 Å². The number of hydrogen-bond donors (Lipinski definition) is 1. The SMILES string of the molecule is CCOCC(C)(CN)N(C)C1CC1. The molecule has 1 saturated carbocycles. The van der Waals surface area contributed by atoms with E-state index in [1.165, 1.54) is 12.8 Å². The standard InChI is InChI=1S/C10H22N2O/c1-4-13-8-10(2,7-11)12(3)9-5-6-9/h9H,4-8,11H2,1-3H3. The van der Waals surface area contributed by atoms with E-state index in [-0.39, 0.29) is 5.54 Å². The van der Waals surface area contributed by atoms with Crippen LogP contribution >= 0.6 is 0 Å². The summed E-state index contributed by atoms with van der Waals surface area (Å²) in [6, 6.07) is 0.744. The van der Waals surface area contributed by atoms with Crippen LogP contribution in [0.25, 0.3) is 0 Å². The highest BCUT2D eigenvalue weighted by molar-refractivity contribution is 4.94. The molecule has 1 rings (SSSR count). The van der Waals surface area contributed by atoms with Crippen molar-refractivity contribution in [3.63, 3.8) is 0 Å². The fourth-order valence-electron chi connectivity index (χ4n) is 1.53. The van der Waals surface area contributed by atoms with Crippen LogP contribution in [-0.2, 0) is 4.74 Å². The second kappa shape index (κ2) is 4.40. The fraction of sp³-hybridized carbons (Fsp3) is 1.00. The third-order valence-electron chi connectivity index (χ3n) is 3.00. The lowest BCUT2D eigenvalue weighted by atomic mass is 10.0. The average molecular weight is 186 g/mol. The van der Waals surface area contributed by atoms with Crippen molar-refractivity contribution in [2.75, 3.05) is 26.8 Å². The highest BCUT2D eigenvalue weighted by atomic mass is 16.5. The zero-order chi connectivity index (χ0) is 9.90. The van der Waals surface area contributed by atoms with E-state index in [2.05, 4.69) is 18.9 Å². The van der Waals surface area contributed by atoms with E-state index in [1.54, 1.807) is 0 Å². The molecular weight excluding hydrogens is 164 g/mol. The molecule has 13 heavy (non-hydrogen) atoms. The van der Waals surface area contributed by atoms with Crippen molar-refractivity contribution in [3.05, 3.63) is 0 Å². The molecule has 0 aromatic carbocycles. The second-order valence-corrected chi connectivity index (χ2v) is 4.18. The summed E-state index contributed by atoms with van der Waals surface area (Å²) in [5, 5.41) is 0. The lowest BCUT2D eigenvalue weighted by Crippen LogP contribution is -2.54. The van der Waals surface area contributed by atoms with Crippen molar-refractivity contribution in [2.24, 2.45) is 5.73 Å². The maximum atomic E-state index is 5.79. The Hall–Kier alpha value is -0.120. The van der Waals surface area contributed by atoms with Gasteiger partial charge in [-0.1, -0.05) is 0 Å². The molecule has 0 saturated heterocycles. The van der Waals surface area contributed by atoms with Gasteiger partial charge < -0.3 is 10.5 Å². The van der Waals surface area contributed by atoms with Crippen molar-refractivity contribution < 1.29 is 4.74 Å². The zero-order valence-corrected chi connectivity index (χ0v) is 9.05. The summed E-state index contributed by atoms with van der Waals surface area (Å²) >= 11 is 0. The first kappa shape index (κ1) is 11.0.